The number of aromatic nitrogens is 1. The quantitative estimate of drug-likeness (QED) is 0.519. The van der Waals surface area contributed by atoms with Crippen molar-refractivity contribution in [2.75, 3.05) is 26.2 Å². The highest BCUT2D eigenvalue weighted by Gasteiger charge is 2.33. The number of hydrogen-bond donors (Lipinski definition) is 0. The first-order valence-corrected chi connectivity index (χ1v) is 11.6. The largest absolute Gasteiger partial charge is 0.335 e. The molecule has 10 heteroatoms. The van der Waals surface area contributed by atoms with Crippen molar-refractivity contribution in [2.24, 2.45) is 0 Å². The summed E-state index contributed by atoms with van der Waals surface area (Å²) in [5, 5.41) is 1.97. The zero-order valence-electron chi connectivity index (χ0n) is 15.6. The third kappa shape index (κ3) is 3.88. The van der Waals surface area contributed by atoms with Gasteiger partial charge in [-0.25, -0.2) is 13.4 Å². The Labute approximate surface area is 189 Å². The minimum absolute atomic E-state index is 0.0658. The second kappa shape index (κ2) is 8.32. The third-order valence-corrected chi connectivity index (χ3v) is 8.10. The van der Waals surface area contributed by atoms with Crippen molar-refractivity contribution < 1.29 is 13.2 Å². The van der Waals surface area contributed by atoms with Gasteiger partial charge < -0.3 is 4.90 Å². The van der Waals surface area contributed by atoms with Gasteiger partial charge in [0.1, 0.15) is 15.7 Å². The Bertz CT molecular complexity index is 1220. The van der Waals surface area contributed by atoms with Gasteiger partial charge in [-0.3, -0.25) is 4.79 Å². The Morgan fingerprint density at radius 1 is 0.900 bits per heavy atom. The summed E-state index contributed by atoms with van der Waals surface area (Å²) in [6.45, 7) is 0.673. The number of halogens is 3. The van der Waals surface area contributed by atoms with Gasteiger partial charge in [0.25, 0.3) is 5.91 Å². The number of sulfonamides is 1. The number of rotatable bonds is 3. The van der Waals surface area contributed by atoms with E-state index in [2.05, 4.69) is 4.98 Å². The summed E-state index contributed by atoms with van der Waals surface area (Å²) in [6.07, 6.45) is 0. The highest BCUT2D eigenvalue weighted by molar-refractivity contribution is 7.89. The SMILES string of the molecule is O=C(c1cc2ccccc2c(Cl)n1)N1CCN(S(=O)(=O)c2c(Cl)cccc2Cl)CC1. The summed E-state index contributed by atoms with van der Waals surface area (Å²) in [5.41, 5.74) is 0.226. The molecule has 0 spiro atoms. The standard InChI is InChI=1S/C20H16Cl3N3O3S/c21-15-6-3-7-16(22)18(15)30(28,29)26-10-8-25(9-11-26)20(27)17-12-13-4-1-2-5-14(13)19(23)24-17/h1-7,12H,8-11H2. The van der Waals surface area contributed by atoms with Crippen molar-refractivity contribution in [1.82, 2.24) is 14.2 Å². The molecule has 1 amide bonds. The summed E-state index contributed by atoms with van der Waals surface area (Å²) in [7, 11) is -3.88. The molecular weight excluding hydrogens is 469 g/mol. The Morgan fingerprint density at radius 3 is 2.20 bits per heavy atom. The van der Waals surface area contributed by atoms with Crippen LogP contribution in [0, 0.1) is 0 Å². The third-order valence-electron chi connectivity index (χ3n) is 4.96. The first-order valence-electron chi connectivity index (χ1n) is 9.08. The molecule has 2 heterocycles. The van der Waals surface area contributed by atoms with E-state index in [4.69, 9.17) is 34.8 Å². The molecule has 3 aromatic rings. The highest BCUT2D eigenvalue weighted by atomic mass is 35.5. The van der Waals surface area contributed by atoms with E-state index in [1.165, 1.54) is 16.4 Å². The minimum Gasteiger partial charge on any atom is -0.335 e. The topological polar surface area (TPSA) is 70.6 Å². The molecule has 2 aromatic carbocycles. The molecule has 0 unspecified atom stereocenters. The van der Waals surface area contributed by atoms with Crippen LogP contribution in [0.3, 0.4) is 0 Å². The van der Waals surface area contributed by atoms with Gasteiger partial charge in [0, 0.05) is 31.6 Å². The van der Waals surface area contributed by atoms with Crippen molar-refractivity contribution in [1.29, 1.82) is 0 Å². The Morgan fingerprint density at radius 2 is 1.53 bits per heavy atom. The van der Waals surface area contributed by atoms with E-state index in [9.17, 15) is 13.2 Å². The van der Waals surface area contributed by atoms with Gasteiger partial charge in [0.2, 0.25) is 10.0 Å². The molecule has 4 rings (SSSR count). The molecule has 0 radical (unpaired) electrons. The normalized spacial score (nSPS) is 15.5. The lowest BCUT2D eigenvalue weighted by atomic mass is 10.1. The van der Waals surface area contributed by atoms with Gasteiger partial charge in [-0.2, -0.15) is 4.31 Å². The Kier molecular flexibility index (Phi) is 5.92. The fourth-order valence-electron chi connectivity index (χ4n) is 3.42. The summed E-state index contributed by atoms with van der Waals surface area (Å²) in [5.74, 6) is -0.296. The number of amides is 1. The molecule has 0 saturated carbocycles. The monoisotopic (exact) mass is 483 g/mol. The molecule has 1 aliphatic heterocycles. The number of fused-ring (bicyclic) bond motifs is 1. The number of piperazine rings is 1. The first-order chi connectivity index (χ1) is 14.3. The number of pyridine rings is 1. The maximum Gasteiger partial charge on any atom is 0.272 e. The summed E-state index contributed by atoms with van der Waals surface area (Å²) < 4.78 is 27.3. The predicted octanol–water partition coefficient (Wildman–Crippen LogP) is 4.34. The lowest BCUT2D eigenvalue weighted by Gasteiger charge is -2.34. The van der Waals surface area contributed by atoms with Crippen molar-refractivity contribution in [3.8, 4) is 0 Å². The molecule has 1 aromatic heterocycles. The molecule has 6 nitrogen and oxygen atoms in total. The molecule has 1 fully saturated rings. The number of hydrogen-bond acceptors (Lipinski definition) is 4. The Balaban J connectivity index is 1.53. The van der Waals surface area contributed by atoms with Crippen LogP contribution in [-0.4, -0.2) is 54.7 Å². The molecule has 0 atom stereocenters. The van der Waals surface area contributed by atoms with E-state index < -0.39 is 10.0 Å². The smallest absolute Gasteiger partial charge is 0.272 e. The average molecular weight is 485 g/mol. The second-order valence-corrected chi connectivity index (χ2v) is 9.81. The second-order valence-electron chi connectivity index (χ2n) is 6.77. The van der Waals surface area contributed by atoms with Crippen LogP contribution in [0.1, 0.15) is 10.5 Å². The molecular formula is C20H16Cl3N3O3S. The molecule has 0 aliphatic carbocycles. The fraction of sp³-hybridized carbons (Fsp3) is 0.200. The van der Waals surface area contributed by atoms with Crippen molar-refractivity contribution in [2.45, 2.75) is 4.90 Å². The van der Waals surface area contributed by atoms with Crippen LogP contribution in [0.15, 0.2) is 53.4 Å². The van der Waals surface area contributed by atoms with Crippen LogP contribution < -0.4 is 0 Å². The van der Waals surface area contributed by atoms with Gasteiger partial charge in [0.15, 0.2) is 0 Å². The first kappa shape index (κ1) is 21.3. The lowest BCUT2D eigenvalue weighted by Crippen LogP contribution is -2.50. The number of benzene rings is 2. The summed E-state index contributed by atoms with van der Waals surface area (Å²) in [4.78, 5) is 18.6. The van der Waals surface area contributed by atoms with E-state index in [0.29, 0.717) is 0 Å². The lowest BCUT2D eigenvalue weighted by molar-refractivity contribution is 0.0692. The van der Waals surface area contributed by atoms with Crippen molar-refractivity contribution in [3.05, 3.63) is 69.4 Å². The Hall–Kier alpha value is -1.90. The van der Waals surface area contributed by atoms with Crippen LogP contribution in [0.2, 0.25) is 15.2 Å². The predicted molar refractivity (Wildman–Crippen MR) is 118 cm³/mol. The maximum atomic E-state index is 13.0. The fourth-order valence-corrected chi connectivity index (χ4v) is 6.19. The van der Waals surface area contributed by atoms with Crippen LogP contribution >= 0.6 is 34.8 Å². The highest BCUT2D eigenvalue weighted by Crippen LogP contribution is 2.32. The van der Waals surface area contributed by atoms with E-state index in [1.807, 2.05) is 24.3 Å². The summed E-state index contributed by atoms with van der Waals surface area (Å²) >= 11 is 18.4. The molecule has 1 saturated heterocycles. The molecule has 0 bridgehead atoms. The zero-order valence-corrected chi connectivity index (χ0v) is 18.6. The minimum atomic E-state index is -3.88. The zero-order chi connectivity index (χ0) is 21.5. The number of nitrogens with zero attached hydrogens (tertiary/aromatic N) is 3. The van der Waals surface area contributed by atoms with Crippen LogP contribution in [-0.2, 0) is 10.0 Å². The van der Waals surface area contributed by atoms with Crippen LogP contribution in [0.5, 0.6) is 0 Å². The average Bonchev–Trinajstić information content (AvgIpc) is 2.73. The molecule has 156 valence electrons. The maximum absolute atomic E-state index is 13.0. The van der Waals surface area contributed by atoms with Gasteiger partial charge in [-0.05, 0) is 23.6 Å². The van der Waals surface area contributed by atoms with E-state index in [0.717, 1.165) is 10.8 Å². The van der Waals surface area contributed by atoms with Crippen molar-refractivity contribution >= 4 is 61.5 Å². The molecule has 30 heavy (non-hydrogen) atoms. The van der Waals surface area contributed by atoms with Gasteiger partial charge >= 0.3 is 0 Å². The van der Waals surface area contributed by atoms with Gasteiger partial charge in [-0.15, -0.1) is 0 Å². The van der Waals surface area contributed by atoms with E-state index in [-0.39, 0.29) is 57.9 Å². The van der Waals surface area contributed by atoms with Crippen LogP contribution in [0.4, 0.5) is 0 Å². The van der Waals surface area contributed by atoms with E-state index >= 15 is 0 Å². The van der Waals surface area contributed by atoms with Crippen molar-refractivity contribution in [3.63, 3.8) is 0 Å². The van der Waals surface area contributed by atoms with E-state index in [1.54, 1.807) is 17.0 Å². The molecule has 0 N–H and O–H groups in total. The molecule has 1 aliphatic rings. The van der Waals surface area contributed by atoms with Crippen LogP contribution in [0.25, 0.3) is 10.8 Å². The van der Waals surface area contributed by atoms with Gasteiger partial charge in [-0.1, -0.05) is 65.1 Å². The van der Waals surface area contributed by atoms with Gasteiger partial charge in [0.05, 0.1) is 10.0 Å². The summed E-state index contributed by atoms with van der Waals surface area (Å²) in [6, 6.07) is 13.6. The number of carbonyl (C=O) groups excluding carboxylic acids is 1. The number of carbonyl (C=O) groups is 1.